The lowest BCUT2D eigenvalue weighted by Crippen LogP contribution is -2.33. The van der Waals surface area contributed by atoms with E-state index in [1.165, 1.54) is 12.8 Å². The standard InChI is InChI=1S/C19H24N4O/c1-13-7-9-23(10-8-13)18-11-14(2)20-19(22-18)21-17-6-4-5-16(12-17)15(3)24/h4-6,11-13H,7-10H2,1-3H3,(H,20,21,22). The van der Waals surface area contributed by atoms with E-state index in [0.29, 0.717) is 11.5 Å². The normalized spacial score (nSPS) is 15.4. The van der Waals surface area contributed by atoms with Gasteiger partial charge in [-0.25, -0.2) is 4.98 Å². The third kappa shape index (κ3) is 3.91. The molecule has 0 aliphatic carbocycles. The van der Waals surface area contributed by atoms with E-state index in [-0.39, 0.29) is 5.78 Å². The Morgan fingerprint density at radius 2 is 1.96 bits per heavy atom. The molecule has 1 saturated heterocycles. The smallest absolute Gasteiger partial charge is 0.229 e. The number of ketones is 1. The van der Waals surface area contributed by atoms with Gasteiger partial charge >= 0.3 is 0 Å². The first kappa shape index (κ1) is 16.4. The molecular formula is C19H24N4O. The first-order valence-electron chi connectivity index (χ1n) is 8.50. The first-order valence-corrected chi connectivity index (χ1v) is 8.50. The van der Waals surface area contributed by atoms with Crippen molar-refractivity contribution in [2.45, 2.75) is 33.6 Å². The highest BCUT2D eigenvalue weighted by atomic mass is 16.1. The van der Waals surface area contributed by atoms with Crippen LogP contribution in [0.5, 0.6) is 0 Å². The Morgan fingerprint density at radius 1 is 1.21 bits per heavy atom. The quantitative estimate of drug-likeness (QED) is 0.863. The zero-order valence-corrected chi connectivity index (χ0v) is 14.5. The highest BCUT2D eigenvalue weighted by Gasteiger charge is 2.18. The second kappa shape index (κ2) is 6.99. The van der Waals surface area contributed by atoms with Crippen molar-refractivity contribution in [2.24, 2.45) is 5.92 Å². The van der Waals surface area contributed by atoms with Crippen molar-refractivity contribution in [2.75, 3.05) is 23.3 Å². The first-order chi connectivity index (χ1) is 11.5. The molecular weight excluding hydrogens is 300 g/mol. The van der Waals surface area contributed by atoms with Crippen molar-refractivity contribution in [1.82, 2.24) is 9.97 Å². The van der Waals surface area contributed by atoms with Gasteiger partial charge in [0.25, 0.3) is 0 Å². The van der Waals surface area contributed by atoms with Gasteiger partial charge in [0.1, 0.15) is 5.82 Å². The lowest BCUT2D eigenvalue weighted by molar-refractivity contribution is 0.101. The monoisotopic (exact) mass is 324 g/mol. The Hall–Kier alpha value is -2.43. The van der Waals surface area contributed by atoms with Gasteiger partial charge in [-0.3, -0.25) is 4.79 Å². The number of Topliss-reactive ketones (excluding diaryl/α,β-unsaturated/α-hetero) is 1. The number of nitrogens with zero attached hydrogens (tertiary/aromatic N) is 3. The van der Waals surface area contributed by atoms with Gasteiger partial charge in [-0.1, -0.05) is 19.1 Å². The van der Waals surface area contributed by atoms with Crippen molar-refractivity contribution in [1.29, 1.82) is 0 Å². The molecule has 0 saturated carbocycles. The van der Waals surface area contributed by atoms with Gasteiger partial charge in [-0.15, -0.1) is 0 Å². The van der Waals surface area contributed by atoms with Gasteiger partial charge < -0.3 is 10.2 Å². The summed E-state index contributed by atoms with van der Waals surface area (Å²) in [5.41, 5.74) is 2.44. The van der Waals surface area contributed by atoms with Crippen LogP contribution in [-0.4, -0.2) is 28.8 Å². The number of aromatic nitrogens is 2. The minimum absolute atomic E-state index is 0.0481. The molecule has 2 heterocycles. The van der Waals surface area contributed by atoms with Gasteiger partial charge in [0, 0.05) is 36.1 Å². The number of benzene rings is 1. The summed E-state index contributed by atoms with van der Waals surface area (Å²) in [7, 11) is 0. The third-order valence-corrected chi connectivity index (χ3v) is 4.47. The lowest BCUT2D eigenvalue weighted by Gasteiger charge is -2.31. The summed E-state index contributed by atoms with van der Waals surface area (Å²) in [6.07, 6.45) is 2.40. The Morgan fingerprint density at radius 3 is 2.67 bits per heavy atom. The average molecular weight is 324 g/mol. The van der Waals surface area contributed by atoms with Gasteiger partial charge in [-0.05, 0) is 44.7 Å². The van der Waals surface area contributed by atoms with E-state index in [4.69, 9.17) is 0 Å². The zero-order chi connectivity index (χ0) is 17.1. The van der Waals surface area contributed by atoms with E-state index in [1.54, 1.807) is 6.92 Å². The van der Waals surface area contributed by atoms with Crippen LogP contribution in [0.15, 0.2) is 30.3 Å². The summed E-state index contributed by atoms with van der Waals surface area (Å²) in [6, 6.07) is 9.45. The molecule has 5 nitrogen and oxygen atoms in total. The largest absolute Gasteiger partial charge is 0.356 e. The van der Waals surface area contributed by atoms with E-state index in [0.717, 1.165) is 36.2 Å². The molecule has 1 N–H and O–H groups in total. The van der Waals surface area contributed by atoms with E-state index in [9.17, 15) is 4.79 Å². The summed E-state index contributed by atoms with van der Waals surface area (Å²) in [5.74, 6) is 2.38. The molecule has 2 aromatic rings. The number of nitrogens with one attached hydrogen (secondary N) is 1. The van der Waals surface area contributed by atoms with Crippen LogP contribution in [0.2, 0.25) is 0 Å². The fourth-order valence-electron chi connectivity index (χ4n) is 2.95. The molecule has 0 radical (unpaired) electrons. The molecule has 24 heavy (non-hydrogen) atoms. The van der Waals surface area contributed by atoms with Gasteiger partial charge in [0.15, 0.2) is 5.78 Å². The lowest BCUT2D eigenvalue weighted by atomic mass is 9.99. The SMILES string of the molecule is CC(=O)c1cccc(Nc2nc(C)cc(N3CCC(C)CC3)n2)c1. The number of hydrogen-bond donors (Lipinski definition) is 1. The molecule has 0 unspecified atom stereocenters. The van der Waals surface area contributed by atoms with Crippen molar-refractivity contribution in [3.05, 3.63) is 41.6 Å². The highest BCUT2D eigenvalue weighted by molar-refractivity contribution is 5.95. The Balaban J connectivity index is 1.81. The molecule has 126 valence electrons. The molecule has 0 spiro atoms. The fourth-order valence-corrected chi connectivity index (χ4v) is 2.95. The van der Waals surface area contributed by atoms with Crippen LogP contribution in [0.3, 0.4) is 0 Å². The van der Waals surface area contributed by atoms with Crippen LogP contribution in [-0.2, 0) is 0 Å². The van der Waals surface area contributed by atoms with Crippen molar-refractivity contribution < 1.29 is 4.79 Å². The summed E-state index contributed by atoms with van der Waals surface area (Å²) in [5, 5.41) is 3.23. The summed E-state index contributed by atoms with van der Waals surface area (Å²) < 4.78 is 0. The molecule has 0 amide bonds. The number of hydrogen-bond acceptors (Lipinski definition) is 5. The number of rotatable bonds is 4. The number of carbonyl (C=O) groups is 1. The van der Waals surface area contributed by atoms with Gasteiger partial charge in [0.05, 0.1) is 0 Å². The van der Waals surface area contributed by atoms with Crippen molar-refractivity contribution in [3.63, 3.8) is 0 Å². The van der Waals surface area contributed by atoms with Crippen LogP contribution >= 0.6 is 0 Å². The van der Waals surface area contributed by atoms with Crippen LogP contribution < -0.4 is 10.2 Å². The summed E-state index contributed by atoms with van der Waals surface area (Å²) in [4.78, 5) is 23.0. The maximum Gasteiger partial charge on any atom is 0.229 e. The Kier molecular flexibility index (Phi) is 4.79. The Bertz CT molecular complexity index is 736. The number of piperidine rings is 1. The molecule has 1 aliphatic heterocycles. The van der Waals surface area contributed by atoms with Crippen LogP contribution in [0.25, 0.3) is 0 Å². The highest BCUT2D eigenvalue weighted by Crippen LogP contribution is 2.24. The fraction of sp³-hybridized carbons (Fsp3) is 0.421. The molecule has 3 rings (SSSR count). The molecule has 0 atom stereocenters. The summed E-state index contributed by atoms with van der Waals surface area (Å²) in [6.45, 7) is 7.93. The maximum absolute atomic E-state index is 11.5. The topological polar surface area (TPSA) is 58.1 Å². The van der Waals surface area contributed by atoms with E-state index < -0.39 is 0 Å². The second-order valence-electron chi connectivity index (χ2n) is 6.62. The minimum Gasteiger partial charge on any atom is -0.356 e. The number of carbonyl (C=O) groups excluding carboxylic acids is 1. The predicted molar refractivity (Wildman–Crippen MR) is 97.1 cm³/mol. The molecule has 1 aromatic carbocycles. The molecule has 5 heteroatoms. The Labute approximate surface area is 143 Å². The van der Waals surface area contributed by atoms with Crippen molar-refractivity contribution in [3.8, 4) is 0 Å². The second-order valence-corrected chi connectivity index (χ2v) is 6.62. The molecule has 0 bridgehead atoms. The van der Waals surface area contributed by atoms with Crippen LogP contribution in [0.4, 0.5) is 17.5 Å². The van der Waals surface area contributed by atoms with E-state index in [1.807, 2.05) is 37.3 Å². The van der Waals surface area contributed by atoms with Crippen molar-refractivity contribution >= 4 is 23.2 Å². The number of anilines is 3. The van der Waals surface area contributed by atoms with E-state index in [2.05, 4.69) is 27.1 Å². The average Bonchev–Trinajstić information content (AvgIpc) is 2.55. The third-order valence-electron chi connectivity index (χ3n) is 4.47. The van der Waals surface area contributed by atoms with Gasteiger partial charge in [-0.2, -0.15) is 4.98 Å². The maximum atomic E-state index is 11.5. The minimum atomic E-state index is 0.0481. The van der Waals surface area contributed by atoms with Gasteiger partial charge in [0.2, 0.25) is 5.95 Å². The summed E-state index contributed by atoms with van der Waals surface area (Å²) >= 11 is 0. The number of aryl methyl sites for hydroxylation is 1. The molecule has 1 aliphatic rings. The predicted octanol–water partition coefficient (Wildman–Crippen LogP) is 3.97. The van der Waals surface area contributed by atoms with E-state index >= 15 is 0 Å². The van der Waals surface area contributed by atoms with Crippen LogP contribution in [0.1, 0.15) is 42.7 Å². The molecule has 1 fully saturated rings. The van der Waals surface area contributed by atoms with Crippen LogP contribution in [0, 0.1) is 12.8 Å². The zero-order valence-electron chi connectivity index (χ0n) is 14.5. The molecule has 1 aromatic heterocycles.